The molecule has 0 radical (unpaired) electrons. The number of ether oxygens (including phenoxy) is 1. The van der Waals surface area contributed by atoms with E-state index in [9.17, 15) is 9.59 Å². The summed E-state index contributed by atoms with van der Waals surface area (Å²) >= 11 is 0. The summed E-state index contributed by atoms with van der Waals surface area (Å²) in [6.45, 7) is 1.07. The van der Waals surface area contributed by atoms with Crippen molar-refractivity contribution in [1.29, 1.82) is 5.26 Å². The van der Waals surface area contributed by atoms with E-state index in [1.54, 1.807) is 4.90 Å². The molecule has 2 rings (SSSR count). The fourth-order valence-electron chi connectivity index (χ4n) is 1.64. The lowest BCUT2D eigenvalue weighted by Crippen LogP contribution is -2.45. The van der Waals surface area contributed by atoms with Crippen LogP contribution in [0.4, 0.5) is 0 Å². The number of nitriles is 1. The lowest BCUT2D eigenvalue weighted by atomic mass is 10.2. The Morgan fingerprint density at radius 2 is 2.41 bits per heavy atom. The minimum absolute atomic E-state index is 0.204. The van der Waals surface area contributed by atoms with E-state index >= 15 is 0 Å². The summed E-state index contributed by atoms with van der Waals surface area (Å²) in [5.41, 5.74) is 0.154. The molecular formula is C11H11N3O3. The molecule has 1 N–H and O–H groups in total. The standard InChI is InChI=1S/C11H11N3O3/c12-5-9-7-14(3-4-17-9)11(16)8-1-2-10(15)13-6-8/h1-2,6,9H,3-4,7H2,(H,13,15). The van der Waals surface area contributed by atoms with Gasteiger partial charge in [0.25, 0.3) is 5.91 Å². The van der Waals surface area contributed by atoms with Crippen LogP contribution < -0.4 is 5.56 Å². The van der Waals surface area contributed by atoms with Gasteiger partial charge in [-0.05, 0) is 6.07 Å². The van der Waals surface area contributed by atoms with Crippen molar-refractivity contribution in [2.75, 3.05) is 19.7 Å². The number of nitrogens with zero attached hydrogens (tertiary/aromatic N) is 2. The third kappa shape index (κ3) is 2.52. The zero-order valence-electron chi connectivity index (χ0n) is 9.05. The smallest absolute Gasteiger partial charge is 0.255 e. The van der Waals surface area contributed by atoms with E-state index in [-0.39, 0.29) is 18.0 Å². The van der Waals surface area contributed by atoms with Gasteiger partial charge in [-0.2, -0.15) is 5.26 Å². The second-order valence-electron chi connectivity index (χ2n) is 3.68. The molecule has 1 fully saturated rings. The number of pyridine rings is 1. The number of rotatable bonds is 1. The van der Waals surface area contributed by atoms with Gasteiger partial charge in [-0.15, -0.1) is 0 Å². The van der Waals surface area contributed by atoms with E-state index in [1.165, 1.54) is 18.3 Å². The molecule has 1 aliphatic heterocycles. The zero-order valence-corrected chi connectivity index (χ0v) is 9.05. The minimum Gasteiger partial charge on any atom is -0.360 e. The predicted molar refractivity (Wildman–Crippen MR) is 58.3 cm³/mol. The Balaban J connectivity index is 2.12. The number of nitrogens with one attached hydrogen (secondary N) is 1. The molecule has 1 atom stereocenters. The van der Waals surface area contributed by atoms with Crippen LogP contribution in [-0.2, 0) is 4.74 Å². The molecule has 0 aliphatic carbocycles. The van der Waals surface area contributed by atoms with Crippen molar-refractivity contribution < 1.29 is 9.53 Å². The van der Waals surface area contributed by atoms with Crippen LogP contribution in [0.2, 0.25) is 0 Å². The van der Waals surface area contributed by atoms with Crippen LogP contribution in [0.5, 0.6) is 0 Å². The second kappa shape index (κ2) is 4.80. The van der Waals surface area contributed by atoms with Crippen LogP contribution in [0, 0.1) is 11.3 Å². The molecule has 1 aromatic heterocycles. The molecule has 0 aromatic carbocycles. The summed E-state index contributed by atoms with van der Waals surface area (Å²) in [6, 6.07) is 4.75. The van der Waals surface area contributed by atoms with Crippen LogP contribution in [-0.4, -0.2) is 41.6 Å². The Labute approximate surface area is 97.4 Å². The lowest BCUT2D eigenvalue weighted by Gasteiger charge is -2.29. The van der Waals surface area contributed by atoms with Crippen molar-refractivity contribution in [2.45, 2.75) is 6.10 Å². The molecule has 0 saturated carbocycles. The maximum Gasteiger partial charge on any atom is 0.255 e. The van der Waals surface area contributed by atoms with E-state index in [1.807, 2.05) is 6.07 Å². The Morgan fingerprint density at radius 3 is 3.06 bits per heavy atom. The molecule has 1 amide bonds. The number of amides is 1. The van der Waals surface area contributed by atoms with Gasteiger partial charge >= 0.3 is 0 Å². The highest BCUT2D eigenvalue weighted by Crippen LogP contribution is 2.08. The highest BCUT2D eigenvalue weighted by molar-refractivity contribution is 5.93. The molecule has 0 bridgehead atoms. The highest BCUT2D eigenvalue weighted by Gasteiger charge is 2.24. The fraction of sp³-hybridized carbons (Fsp3) is 0.364. The summed E-state index contributed by atoms with van der Waals surface area (Å²) in [5.74, 6) is -0.204. The topological polar surface area (TPSA) is 86.2 Å². The number of hydrogen-bond acceptors (Lipinski definition) is 4. The van der Waals surface area contributed by atoms with Gasteiger partial charge in [0, 0.05) is 18.8 Å². The van der Waals surface area contributed by atoms with Crippen molar-refractivity contribution in [3.8, 4) is 6.07 Å². The SMILES string of the molecule is N#CC1CN(C(=O)c2ccc(=O)[nH]c2)CCO1. The number of carbonyl (C=O) groups excluding carboxylic acids is 1. The van der Waals surface area contributed by atoms with E-state index < -0.39 is 6.10 Å². The van der Waals surface area contributed by atoms with Gasteiger partial charge in [-0.25, -0.2) is 0 Å². The number of aromatic nitrogens is 1. The average molecular weight is 233 g/mol. The third-order valence-electron chi connectivity index (χ3n) is 2.53. The fourth-order valence-corrected chi connectivity index (χ4v) is 1.64. The van der Waals surface area contributed by atoms with Gasteiger partial charge in [-0.3, -0.25) is 9.59 Å². The number of hydrogen-bond donors (Lipinski definition) is 1. The Hall–Kier alpha value is -2.13. The van der Waals surface area contributed by atoms with Crippen LogP contribution in [0.1, 0.15) is 10.4 Å². The largest absolute Gasteiger partial charge is 0.360 e. The van der Waals surface area contributed by atoms with Gasteiger partial charge in [-0.1, -0.05) is 0 Å². The van der Waals surface area contributed by atoms with Crippen molar-refractivity contribution in [1.82, 2.24) is 9.88 Å². The predicted octanol–water partition coefficient (Wildman–Crippen LogP) is -0.261. The van der Waals surface area contributed by atoms with Crippen molar-refractivity contribution in [3.05, 3.63) is 34.2 Å². The normalized spacial score (nSPS) is 19.7. The van der Waals surface area contributed by atoms with Crippen LogP contribution in [0.3, 0.4) is 0 Å². The first-order chi connectivity index (χ1) is 8.20. The highest BCUT2D eigenvalue weighted by atomic mass is 16.5. The Kier molecular flexibility index (Phi) is 3.21. The quantitative estimate of drug-likeness (QED) is 0.724. The van der Waals surface area contributed by atoms with Crippen LogP contribution in [0.25, 0.3) is 0 Å². The molecule has 1 aromatic rings. The first kappa shape index (κ1) is 11.4. The molecule has 6 nitrogen and oxygen atoms in total. The molecule has 17 heavy (non-hydrogen) atoms. The van der Waals surface area contributed by atoms with Gasteiger partial charge in [0.15, 0.2) is 6.10 Å². The van der Waals surface area contributed by atoms with E-state index in [2.05, 4.69) is 4.98 Å². The van der Waals surface area contributed by atoms with Gasteiger partial charge in [0.2, 0.25) is 5.56 Å². The van der Waals surface area contributed by atoms with E-state index in [4.69, 9.17) is 10.00 Å². The summed E-state index contributed by atoms with van der Waals surface area (Å²) in [4.78, 5) is 26.9. The van der Waals surface area contributed by atoms with Gasteiger partial charge in [0.05, 0.1) is 24.8 Å². The molecule has 1 aliphatic rings. The maximum atomic E-state index is 12.0. The van der Waals surface area contributed by atoms with Crippen molar-refractivity contribution in [3.63, 3.8) is 0 Å². The molecule has 1 saturated heterocycles. The Bertz CT molecular complexity index is 497. The molecule has 6 heteroatoms. The number of morpholine rings is 1. The molecule has 88 valence electrons. The van der Waals surface area contributed by atoms with Crippen LogP contribution in [0.15, 0.2) is 23.1 Å². The molecule has 2 heterocycles. The first-order valence-corrected chi connectivity index (χ1v) is 5.20. The van der Waals surface area contributed by atoms with E-state index in [0.717, 1.165) is 0 Å². The number of aromatic amines is 1. The number of H-pyrrole nitrogens is 1. The van der Waals surface area contributed by atoms with Gasteiger partial charge < -0.3 is 14.6 Å². The first-order valence-electron chi connectivity index (χ1n) is 5.20. The third-order valence-corrected chi connectivity index (χ3v) is 2.53. The van der Waals surface area contributed by atoms with Crippen LogP contribution >= 0.6 is 0 Å². The van der Waals surface area contributed by atoms with Crippen molar-refractivity contribution in [2.24, 2.45) is 0 Å². The lowest BCUT2D eigenvalue weighted by molar-refractivity contribution is 0.00344. The van der Waals surface area contributed by atoms with Crippen molar-refractivity contribution >= 4 is 5.91 Å². The number of carbonyl (C=O) groups is 1. The summed E-state index contributed by atoms with van der Waals surface area (Å²) in [7, 11) is 0. The van der Waals surface area contributed by atoms with Gasteiger partial charge in [0.1, 0.15) is 0 Å². The minimum atomic E-state index is -0.574. The molecule has 1 unspecified atom stereocenters. The zero-order chi connectivity index (χ0) is 12.3. The average Bonchev–Trinajstić information content (AvgIpc) is 2.39. The second-order valence-corrected chi connectivity index (χ2v) is 3.68. The summed E-state index contributed by atoms with van der Waals surface area (Å²) in [6.07, 6.45) is 0.803. The van der Waals surface area contributed by atoms with E-state index in [0.29, 0.717) is 18.7 Å². The maximum absolute atomic E-state index is 12.0. The Morgan fingerprint density at radius 1 is 1.59 bits per heavy atom. The summed E-state index contributed by atoms with van der Waals surface area (Å²) < 4.78 is 5.15. The molecule has 0 spiro atoms. The molecular weight excluding hydrogens is 222 g/mol. The monoisotopic (exact) mass is 233 g/mol. The summed E-state index contributed by atoms with van der Waals surface area (Å²) in [5, 5.41) is 8.74.